The standard InChI is InChI=1S/2C22H12F4N2O3/c23-17-8-15(7-16(9-17)21(29)30)12-2-1-3-13(6-12)20-27-18(14-4-5-31-11-14)10-19(28-20)22(24,25)26;23-17-5-4-14(21(29)30)9-16(17)12-2-1-3-13(8-12)20-27-18(15-6-7-31-11-15)10-19(28-20)22(24,25)26/h2*1-11H,(H,29,30). The van der Waals surface area contributed by atoms with Crippen molar-refractivity contribution in [2.75, 3.05) is 0 Å². The van der Waals surface area contributed by atoms with E-state index in [4.69, 9.17) is 19.0 Å². The first-order chi connectivity index (χ1) is 29.4. The number of carboxylic acids is 2. The summed E-state index contributed by atoms with van der Waals surface area (Å²) in [6, 6.07) is 23.1. The first-order valence-corrected chi connectivity index (χ1v) is 17.7. The molecule has 0 aliphatic heterocycles. The van der Waals surface area contributed by atoms with Crippen molar-refractivity contribution < 1.29 is 63.8 Å². The highest BCUT2D eigenvalue weighted by molar-refractivity contribution is 5.90. The molecule has 0 bridgehead atoms. The Labute approximate surface area is 343 Å². The average molecular weight is 857 g/mol. The van der Waals surface area contributed by atoms with Gasteiger partial charge in [0, 0.05) is 27.8 Å². The van der Waals surface area contributed by atoms with Crippen LogP contribution in [0.25, 0.3) is 67.5 Å². The van der Waals surface area contributed by atoms with Crippen molar-refractivity contribution in [1.82, 2.24) is 19.9 Å². The number of benzene rings is 4. The van der Waals surface area contributed by atoms with Crippen molar-refractivity contribution in [2.45, 2.75) is 12.4 Å². The van der Waals surface area contributed by atoms with Crippen LogP contribution in [0.4, 0.5) is 35.1 Å². The van der Waals surface area contributed by atoms with Gasteiger partial charge in [0.25, 0.3) is 0 Å². The predicted octanol–water partition coefficient (Wildman–Crippen LogP) is 11.9. The van der Waals surface area contributed by atoms with Crippen LogP contribution in [0.1, 0.15) is 32.1 Å². The number of aromatic nitrogens is 4. The maximum absolute atomic E-state index is 14.3. The van der Waals surface area contributed by atoms with Gasteiger partial charge in [-0.25, -0.2) is 38.3 Å². The normalized spacial score (nSPS) is 11.5. The predicted molar refractivity (Wildman–Crippen MR) is 205 cm³/mol. The van der Waals surface area contributed by atoms with Crippen LogP contribution in [0, 0.1) is 11.6 Å². The minimum absolute atomic E-state index is 0.00975. The Morgan fingerprint density at radius 1 is 0.484 bits per heavy atom. The molecule has 0 fully saturated rings. The maximum Gasteiger partial charge on any atom is 0.433 e. The lowest BCUT2D eigenvalue weighted by molar-refractivity contribution is -0.141. The molecule has 312 valence electrons. The van der Waals surface area contributed by atoms with E-state index in [0.29, 0.717) is 16.7 Å². The lowest BCUT2D eigenvalue weighted by Crippen LogP contribution is -2.10. The Balaban J connectivity index is 0.000000186. The Bertz CT molecular complexity index is 2930. The third-order valence-corrected chi connectivity index (χ3v) is 8.91. The summed E-state index contributed by atoms with van der Waals surface area (Å²) in [5.41, 5.74) is -0.575. The number of halogens is 8. The van der Waals surface area contributed by atoms with Gasteiger partial charge in [0.2, 0.25) is 0 Å². The highest BCUT2D eigenvalue weighted by atomic mass is 19.4. The van der Waals surface area contributed by atoms with Gasteiger partial charge in [-0.1, -0.05) is 36.4 Å². The fourth-order valence-electron chi connectivity index (χ4n) is 5.98. The van der Waals surface area contributed by atoms with Gasteiger partial charge in [-0.05, 0) is 89.5 Å². The van der Waals surface area contributed by atoms with Crippen LogP contribution in [-0.4, -0.2) is 42.1 Å². The molecule has 0 spiro atoms. The molecular formula is C44H24F8N4O6. The number of carbonyl (C=O) groups is 2. The van der Waals surface area contributed by atoms with Gasteiger partial charge in [0.1, 0.15) is 23.0 Å². The van der Waals surface area contributed by atoms with Gasteiger partial charge in [0.05, 0.1) is 47.6 Å². The number of aromatic carboxylic acids is 2. The summed E-state index contributed by atoms with van der Waals surface area (Å²) in [6.45, 7) is 0. The molecule has 0 atom stereocenters. The van der Waals surface area contributed by atoms with Crippen LogP contribution in [0.15, 0.2) is 143 Å². The molecule has 0 saturated heterocycles. The molecule has 0 aliphatic rings. The SMILES string of the molecule is O=C(O)c1cc(F)cc(-c2cccc(-c3nc(-c4ccoc4)cc(C(F)(F)F)n3)c2)c1.O=C(O)c1ccc(F)c(-c2cccc(-c3nc(-c4ccoc4)cc(C(F)(F)F)n3)c2)c1. The summed E-state index contributed by atoms with van der Waals surface area (Å²) >= 11 is 0. The van der Waals surface area contributed by atoms with Crippen molar-refractivity contribution in [1.29, 1.82) is 0 Å². The first kappa shape index (κ1) is 42.1. The molecule has 10 nitrogen and oxygen atoms in total. The smallest absolute Gasteiger partial charge is 0.433 e. The molecule has 0 amide bonds. The van der Waals surface area contributed by atoms with Gasteiger partial charge in [-0.3, -0.25) is 0 Å². The Kier molecular flexibility index (Phi) is 11.5. The summed E-state index contributed by atoms with van der Waals surface area (Å²) in [6.07, 6.45) is -4.26. The van der Waals surface area contributed by atoms with E-state index in [9.17, 15) is 44.7 Å². The molecule has 2 N–H and O–H groups in total. The van der Waals surface area contributed by atoms with Crippen LogP contribution in [0.3, 0.4) is 0 Å². The molecule has 62 heavy (non-hydrogen) atoms. The van der Waals surface area contributed by atoms with Gasteiger partial charge in [-0.15, -0.1) is 0 Å². The summed E-state index contributed by atoms with van der Waals surface area (Å²) in [4.78, 5) is 38.1. The second-order valence-corrected chi connectivity index (χ2v) is 13.1. The van der Waals surface area contributed by atoms with E-state index in [1.807, 2.05) is 0 Å². The van der Waals surface area contributed by atoms with Gasteiger partial charge in [0.15, 0.2) is 11.6 Å². The molecule has 0 saturated carbocycles. The fourth-order valence-corrected chi connectivity index (χ4v) is 5.98. The molecule has 8 rings (SSSR count). The number of rotatable bonds is 8. The second kappa shape index (κ2) is 16.9. The fraction of sp³-hybridized carbons (Fsp3) is 0.0455. The molecule has 4 aromatic heterocycles. The number of furan rings is 2. The van der Waals surface area contributed by atoms with Gasteiger partial charge < -0.3 is 19.0 Å². The average Bonchev–Trinajstić information content (AvgIpc) is 4.00. The van der Waals surface area contributed by atoms with E-state index in [2.05, 4.69) is 19.9 Å². The van der Waals surface area contributed by atoms with E-state index in [0.717, 1.165) is 42.5 Å². The lowest BCUT2D eigenvalue weighted by Gasteiger charge is -2.11. The molecule has 4 heterocycles. The van der Waals surface area contributed by atoms with Crippen molar-refractivity contribution in [3.63, 3.8) is 0 Å². The van der Waals surface area contributed by atoms with Crippen LogP contribution in [0.2, 0.25) is 0 Å². The second-order valence-electron chi connectivity index (χ2n) is 13.1. The van der Waals surface area contributed by atoms with Crippen LogP contribution >= 0.6 is 0 Å². The highest BCUT2D eigenvalue weighted by Crippen LogP contribution is 2.36. The van der Waals surface area contributed by atoms with Crippen LogP contribution in [-0.2, 0) is 12.4 Å². The first-order valence-electron chi connectivity index (χ1n) is 17.7. The number of carboxylic acid groups (broad SMARTS) is 2. The zero-order valence-corrected chi connectivity index (χ0v) is 31.0. The largest absolute Gasteiger partial charge is 0.478 e. The molecule has 8 aromatic rings. The van der Waals surface area contributed by atoms with E-state index < -0.39 is 47.3 Å². The van der Waals surface area contributed by atoms with E-state index in [1.54, 1.807) is 6.07 Å². The zero-order valence-electron chi connectivity index (χ0n) is 31.0. The number of hydrogen-bond donors (Lipinski definition) is 2. The molecular weight excluding hydrogens is 832 g/mol. The highest BCUT2D eigenvalue weighted by Gasteiger charge is 2.35. The Morgan fingerprint density at radius 3 is 1.47 bits per heavy atom. The van der Waals surface area contributed by atoms with Crippen molar-refractivity contribution in [3.8, 4) is 67.5 Å². The van der Waals surface area contributed by atoms with Crippen molar-refractivity contribution in [3.05, 3.63) is 168 Å². The molecule has 0 radical (unpaired) electrons. The van der Waals surface area contributed by atoms with E-state index >= 15 is 0 Å². The quantitative estimate of drug-likeness (QED) is 0.141. The summed E-state index contributed by atoms with van der Waals surface area (Å²) < 4.78 is 118. The lowest BCUT2D eigenvalue weighted by atomic mass is 10.00. The maximum atomic E-state index is 14.3. The number of nitrogens with zero attached hydrogens (tertiary/aromatic N) is 4. The molecule has 0 aliphatic carbocycles. The van der Waals surface area contributed by atoms with E-state index in [-0.39, 0.29) is 62.0 Å². The zero-order chi connectivity index (χ0) is 44.3. The molecule has 4 aromatic carbocycles. The molecule has 0 unspecified atom stereocenters. The summed E-state index contributed by atoms with van der Waals surface area (Å²) in [7, 11) is 0. The minimum Gasteiger partial charge on any atom is -0.478 e. The third kappa shape index (κ3) is 9.54. The Morgan fingerprint density at radius 2 is 0.984 bits per heavy atom. The van der Waals surface area contributed by atoms with Crippen molar-refractivity contribution in [2.24, 2.45) is 0 Å². The topological polar surface area (TPSA) is 152 Å². The number of alkyl halides is 6. The Hall–Kier alpha value is -8.02. The van der Waals surface area contributed by atoms with Crippen LogP contribution in [0.5, 0.6) is 0 Å². The van der Waals surface area contributed by atoms with Crippen molar-refractivity contribution >= 4 is 11.9 Å². The monoisotopic (exact) mass is 856 g/mol. The number of hydrogen-bond acceptors (Lipinski definition) is 8. The van der Waals surface area contributed by atoms with Crippen LogP contribution < -0.4 is 0 Å². The van der Waals surface area contributed by atoms with E-state index in [1.165, 1.54) is 85.7 Å². The van der Waals surface area contributed by atoms with Gasteiger partial charge >= 0.3 is 24.3 Å². The summed E-state index contributed by atoms with van der Waals surface area (Å²) in [5.74, 6) is -4.37. The molecule has 18 heteroatoms. The minimum atomic E-state index is -4.71. The van der Waals surface area contributed by atoms with Gasteiger partial charge in [-0.2, -0.15) is 26.3 Å². The summed E-state index contributed by atoms with van der Waals surface area (Å²) in [5, 5.41) is 18.3. The third-order valence-electron chi connectivity index (χ3n) is 8.91.